The molecule has 1 heterocycles. The van der Waals surface area contributed by atoms with E-state index in [4.69, 9.17) is 14.6 Å². The molecule has 1 aliphatic heterocycles. The van der Waals surface area contributed by atoms with Crippen molar-refractivity contribution in [3.05, 3.63) is 29.8 Å². The molecule has 0 amide bonds. The molecule has 0 saturated carbocycles. The highest BCUT2D eigenvalue weighted by molar-refractivity contribution is 5.26. The Bertz CT molecular complexity index is 281. The van der Waals surface area contributed by atoms with E-state index in [0.717, 1.165) is 5.56 Å². The molecule has 2 rings (SSSR count). The molecule has 3 heteroatoms. The first kappa shape index (κ1) is 8.53. The number of ether oxygens (including phenoxy) is 2. The van der Waals surface area contributed by atoms with E-state index < -0.39 is 0 Å². The molecule has 0 radical (unpaired) electrons. The molecule has 2 atom stereocenters. The highest BCUT2D eigenvalue weighted by Gasteiger charge is 2.23. The van der Waals surface area contributed by atoms with E-state index in [0.29, 0.717) is 6.61 Å². The lowest BCUT2D eigenvalue weighted by molar-refractivity contribution is -0.0572. The number of hydrogen-bond acceptors (Lipinski definition) is 3. The lowest BCUT2D eigenvalue weighted by Gasteiger charge is -2.09. The first-order valence-electron chi connectivity index (χ1n) is 4.32. The van der Waals surface area contributed by atoms with E-state index in [1.807, 2.05) is 6.92 Å². The highest BCUT2D eigenvalue weighted by Crippen LogP contribution is 2.27. The second-order valence-corrected chi connectivity index (χ2v) is 3.20. The lowest BCUT2D eigenvalue weighted by Crippen LogP contribution is -2.02. The van der Waals surface area contributed by atoms with Crippen molar-refractivity contribution >= 4 is 0 Å². The molecular weight excluding hydrogens is 168 g/mol. The second kappa shape index (κ2) is 3.36. The van der Waals surface area contributed by atoms with Crippen LogP contribution in [0.3, 0.4) is 0 Å². The van der Waals surface area contributed by atoms with Gasteiger partial charge < -0.3 is 14.6 Å². The second-order valence-electron chi connectivity index (χ2n) is 3.20. The summed E-state index contributed by atoms with van der Waals surface area (Å²) >= 11 is 0. The lowest BCUT2D eigenvalue weighted by atomic mass is 10.2. The maximum absolute atomic E-state index is 9.07. The molecule has 0 aliphatic carbocycles. The van der Waals surface area contributed by atoms with Gasteiger partial charge >= 0.3 is 0 Å². The van der Waals surface area contributed by atoms with Crippen LogP contribution in [0.5, 0.6) is 5.75 Å². The quantitative estimate of drug-likeness (QED) is 0.716. The fourth-order valence-electron chi connectivity index (χ4n) is 1.32. The van der Waals surface area contributed by atoms with Crippen LogP contribution in [-0.2, 0) is 9.47 Å². The number of phenols is 1. The van der Waals surface area contributed by atoms with Gasteiger partial charge in [-0.3, -0.25) is 0 Å². The van der Waals surface area contributed by atoms with Crippen LogP contribution in [0.2, 0.25) is 0 Å². The van der Waals surface area contributed by atoms with Gasteiger partial charge in [-0.05, 0) is 19.1 Å². The van der Waals surface area contributed by atoms with E-state index in [1.54, 1.807) is 24.3 Å². The van der Waals surface area contributed by atoms with Crippen molar-refractivity contribution in [2.45, 2.75) is 19.3 Å². The Hall–Kier alpha value is -1.06. The third kappa shape index (κ3) is 1.82. The first-order chi connectivity index (χ1) is 6.25. The van der Waals surface area contributed by atoms with Crippen molar-refractivity contribution in [2.24, 2.45) is 0 Å². The predicted octanol–water partition coefficient (Wildman–Crippen LogP) is 1.83. The summed E-state index contributed by atoms with van der Waals surface area (Å²) < 4.78 is 10.9. The van der Waals surface area contributed by atoms with E-state index in [-0.39, 0.29) is 18.1 Å². The van der Waals surface area contributed by atoms with E-state index in [2.05, 4.69) is 0 Å². The van der Waals surface area contributed by atoms with E-state index >= 15 is 0 Å². The van der Waals surface area contributed by atoms with E-state index in [9.17, 15) is 0 Å². The SMILES string of the molecule is CC1COC(c2ccc(O)cc2)O1. The average molecular weight is 180 g/mol. The van der Waals surface area contributed by atoms with Crippen LogP contribution in [0.4, 0.5) is 0 Å². The molecule has 1 aliphatic rings. The van der Waals surface area contributed by atoms with Gasteiger partial charge in [0.15, 0.2) is 6.29 Å². The Morgan fingerprint density at radius 3 is 2.54 bits per heavy atom. The third-order valence-electron chi connectivity index (χ3n) is 2.00. The van der Waals surface area contributed by atoms with Gasteiger partial charge in [-0.25, -0.2) is 0 Å². The van der Waals surface area contributed by atoms with Gasteiger partial charge in [-0.2, -0.15) is 0 Å². The smallest absolute Gasteiger partial charge is 0.184 e. The zero-order chi connectivity index (χ0) is 9.26. The Labute approximate surface area is 76.9 Å². The summed E-state index contributed by atoms with van der Waals surface area (Å²) in [4.78, 5) is 0. The normalized spacial score (nSPS) is 27.8. The molecule has 1 saturated heterocycles. The van der Waals surface area contributed by atoms with Gasteiger partial charge in [-0.15, -0.1) is 0 Å². The van der Waals surface area contributed by atoms with Crippen molar-refractivity contribution in [2.75, 3.05) is 6.61 Å². The van der Waals surface area contributed by atoms with Crippen molar-refractivity contribution in [3.8, 4) is 5.75 Å². The molecule has 0 spiro atoms. The maximum Gasteiger partial charge on any atom is 0.184 e. The molecule has 0 aromatic heterocycles. The minimum Gasteiger partial charge on any atom is -0.508 e. The number of hydrogen-bond donors (Lipinski definition) is 1. The monoisotopic (exact) mass is 180 g/mol. The molecule has 1 N–H and O–H groups in total. The number of rotatable bonds is 1. The molecule has 70 valence electrons. The van der Waals surface area contributed by atoms with Crippen LogP contribution in [0, 0.1) is 0 Å². The fraction of sp³-hybridized carbons (Fsp3) is 0.400. The topological polar surface area (TPSA) is 38.7 Å². The Kier molecular flexibility index (Phi) is 2.20. The van der Waals surface area contributed by atoms with Gasteiger partial charge in [0.25, 0.3) is 0 Å². The summed E-state index contributed by atoms with van der Waals surface area (Å²) in [6.45, 7) is 2.60. The van der Waals surface area contributed by atoms with Crippen molar-refractivity contribution in [1.82, 2.24) is 0 Å². The van der Waals surface area contributed by atoms with Crippen LogP contribution in [-0.4, -0.2) is 17.8 Å². The van der Waals surface area contributed by atoms with Gasteiger partial charge in [0.2, 0.25) is 0 Å². The van der Waals surface area contributed by atoms with Crippen LogP contribution in [0.25, 0.3) is 0 Å². The van der Waals surface area contributed by atoms with Crippen molar-refractivity contribution in [1.29, 1.82) is 0 Å². The number of phenolic OH excluding ortho intramolecular Hbond substituents is 1. The molecule has 3 nitrogen and oxygen atoms in total. The van der Waals surface area contributed by atoms with Crippen LogP contribution < -0.4 is 0 Å². The Morgan fingerprint density at radius 1 is 1.31 bits per heavy atom. The molecule has 1 aromatic carbocycles. The summed E-state index contributed by atoms with van der Waals surface area (Å²) in [6.07, 6.45) is -0.116. The minimum atomic E-state index is -0.268. The molecule has 2 unspecified atom stereocenters. The van der Waals surface area contributed by atoms with Crippen molar-refractivity contribution in [3.63, 3.8) is 0 Å². The molecule has 1 aromatic rings. The zero-order valence-electron chi connectivity index (χ0n) is 7.43. The Balaban J connectivity index is 2.13. The summed E-state index contributed by atoms with van der Waals surface area (Å²) in [6, 6.07) is 6.87. The van der Waals surface area contributed by atoms with Gasteiger partial charge in [-0.1, -0.05) is 12.1 Å². The highest BCUT2D eigenvalue weighted by atomic mass is 16.7. The van der Waals surface area contributed by atoms with Crippen LogP contribution in [0.15, 0.2) is 24.3 Å². The average Bonchev–Trinajstić information content (AvgIpc) is 2.53. The molecule has 13 heavy (non-hydrogen) atoms. The van der Waals surface area contributed by atoms with E-state index in [1.165, 1.54) is 0 Å². The first-order valence-corrected chi connectivity index (χ1v) is 4.32. The predicted molar refractivity (Wildman–Crippen MR) is 47.3 cm³/mol. The fourth-order valence-corrected chi connectivity index (χ4v) is 1.32. The number of benzene rings is 1. The van der Waals surface area contributed by atoms with Crippen molar-refractivity contribution < 1.29 is 14.6 Å². The largest absolute Gasteiger partial charge is 0.508 e. The molecular formula is C10H12O3. The van der Waals surface area contributed by atoms with Gasteiger partial charge in [0.05, 0.1) is 12.7 Å². The standard InChI is InChI=1S/C10H12O3/c1-7-6-12-10(13-7)8-2-4-9(11)5-3-8/h2-5,7,10-11H,6H2,1H3. The van der Waals surface area contributed by atoms with Crippen LogP contribution >= 0.6 is 0 Å². The summed E-state index contributed by atoms with van der Waals surface area (Å²) in [7, 11) is 0. The summed E-state index contributed by atoms with van der Waals surface area (Å²) in [5.74, 6) is 0.259. The minimum absolute atomic E-state index is 0.152. The Morgan fingerprint density at radius 2 is 2.00 bits per heavy atom. The molecule has 1 fully saturated rings. The van der Waals surface area contributed by atoms with Gasteiger partial charge in [0, 0.05) is 5.56 Å². The maximum atomic E-state index is 9.07. The zero-order valence-corrected chi connectivity index (χ0v) is 7.43. The summed E-state index contributed by atoms with van der Waals surface area (Å²) in [5.41, 5.74) is 0.946. The van der Waals surface area contributed by atoms with Crippen LogP contribution in [0.1, 0.15) is 18.8 Å². The molecule has 0 bridgehead atoms. The van der Waals surface area contributed by atoms with Gasteiger partial charge in [0.1, 0.15) is 5.75 Å². The summed E-state index contributed by atoms with van der Waals surface area (Å²) in [5, 5.41) is 9.07. The number of aromatic hydroxyl groups is 1. The third-order valence-corrected chi connectivity index (χ3v) is 2.00.